The van der Waals surface area contributed by atoms with Crippen molar-refractivity contribution in [3.8, 4) is 16.9 Å². The Kier molecular flexibility index (Phi) is 5.78. The molecule has 0 radical (unpaired) electrons. The Labute approximate surface area is 193 Å². The van der Waals surface area contributed by atoms with Crippen LogP contribution in [-0.2, 0) is 9.59 Å². The quantitative estimate of drug-likeness (QED) is 0.386. The number of anilines is 1. The van der Waals surface area contributed by atoms with E-state index in [1.807, 2.05) is 42.5 Å². The van der Waals surface area contributed by atoms with Crippen LogP contribution in [0.25, 0.3) is 11.1 Å². The number of ether oxygens (including phenoxy) is 1. The average molecular weight is 440 g/mol. The molecule has 0 bridgehead atoms. The summed E-state index contributed by atoms with van der Waals surface area (Å²) >= 11 is 0. The van der Waals surface area contributed by atoms with Gasteiger partial charge in [0.05, 0.1) is 17.5 Å². The molecule has 2 unspecified atom stereocenters. The predicted molar refractivity (Wildman–Crippen MR) is 126 cm³/mol. The zero-order valence-corrected chi connectivity index (χ0v) is 18.3. The molecule has 3 aromatic rings. The van der Waals surface area contributed by atoms with Crippen molar-refractivity contribution in [2.75, 3.05) is 11.5 Å². The highest BCUT2D eigenvalue weighted by Gasteiger charge is 2.49. The molecule has 3 aromatic carbocycles. The average Bonchev–Trinajstić information content (AvgIpc) is 3.13. The number of hydrogen-bond acceptors (Lipinski definition) is 4. The molecule has 0 spiro atoms. The van der Waals surface area contributed by atoms with E-state index in [9.17, 15) is 14.4 Å². The Hall–Kier alpha value is -3.73. The lowest BCUT2D eigenvalue weighted by Crippen LogP contribution is -2.31. The first-order valence-electron chi connectivity index (χ1n) is 11.4. The number of nitrogens with zero attached hydrogens (tertiary/aromatic N) is 1. The summed E-state index contributed by atoms with van der Waals surface area (Å²) in [6.45, 7) is -0.176. The minimum Gasteiger partial charge on any atom is -0.483 e. The number of carbonyl (C=O) groups excluding carboxylic acids is 3. The van der Waals surface area contributed by atoms with Crippen molar-refractivity contribution in [3.05, 3.63) is 84.4 Å². The van der Waals surface area contributed by atoms with Gasteiger partial charge >= 0.3 is 0 Å². The second-order valence-electron chi connectivity index (χ2n) is 8.63. The fourth-order valence-electron chi connectivity index (χ4n) is 4.87. The maximum absolute atomic E-state index is 13.0. The Morgan fingerprint density at radius 2 is 1.33 bits per heavy atom. The first-order valence-corrected chi connectivity index (χ1v) is 11.4. The lowest BCUT2D eigenvalue weighted by molar-refractivity contribution is -0.122. The molecule has 2 aliphatic rings. The SMILES string of the molecule is O=C(COc1ccccc1N1C(=O)C2CCCCC2C1=O)c1ccc(-c2ccccc2)cc1. The first-order chi connectivity index (χ1) is 16.1. The monoisotopic (exact) mass is 439 g/mol. The summed E-state index contributed by atoms with van der Waals surface area (Å²) in [4.78, 5) is 40.0. The summed E-state index contributed by atoms with van der Waals surface area (Å²) in [6.07, 6.45) is 3.46. The summed E-state index contributed by atoms with van der Waals surface area (Å²) in [5, 5.41) is 0. The van der Waals surface area contributed by atoms with E-state index < -0.39 is 0 Å². The van der Waals surface area contributed by atoms with E-state index in [1.165, 1.54) is 4.90 Å². The number of carbonyl (C=O) groups is 3. The molecule has 5 heteroatoms. The molecule has 33 heavy (non-hydrogen) atoms. The van der Waals surface area contributed by atoms with E-state index in [-0.39, 0.29) is 36.0 Å². The van der Waals surface area contributed by atoms with Gasteiger partial charge in [0, 0.05) is 5.56 Å². The van der Waals surface area contributed by atoms with Crippen molar-refractivity contribution in [2.24, 2.45) is 11.8 Å². The minimum atomic E-state index is -0.232. The molecular formula is C28H25NO4. The highest BCUT2D eigenvalue weighted by molar-refractivity contribution is 6.22. The fourth-order valence-corrected chi connectivity index (χ4v) is 4.87. The van der Waals surface area contributed by atoms with Crippen LogP contribution in [0.15, 0.2) is 78.9 Å². The molecule has 1 heterocycles. The number of rotatable bonds is 6. The number of Topliss-reactive ketones (excluding diaryl/α,β-unsaturated/α-hetero) is 1. The second-order valence-corrected chi connectivity index (χ2v) is 8.63. The molecule has 1 aliphatic carbocycles. The summed E-state index contributed by atoms with van der Waals surface area (Å²) in [5.74, 6) is -0.565. The molecule has 1 saturated heterocycles. The van der Waals surface area contributed by atoms with Crippen LogP contribution in [0, 0.1) is 11.8 Å². The highest BCUT2D eigenvalue weighted by Crippen LogP contribution is 2.42. The molecule has 0 N–H and O–H groups in total. The third-order valence-corrected chi connectivity index (χ3v) is 6.62. The summed E-state index contributed by atoms with van der Waals surface area (Å²) in [5.41, 5.74) is 3.09. The lowest BCUT2D eigenvalue weighted by atomic mass is 9.81. The summed E-state index contributed by atoms with van der Waals surface area (Å²) in [6, 6.07) is 24.3. The van der Waals surface area contributed by atoms with E-state index in [4.69, 9.17) is 4.74 Å². The molecule has 2 amide bonds. The third kappa shape index (κ3) is 4.07. The summed E-state index contributed by atoms with van der Waals surface area (Å²) in [7, 11) is 0. The van der Waals surface area contributed by atoms with Gasteiger partial charge in [-0.2, -0.15) is 0 Å². The molecule has 1 aliphatic heterocycles. The topological polar surface area (TPSA) is 63.7 Å². The van der Waals surface area contributed by atoms with Crippen LogP contribution in [0.4, 0.5) is 5.69 Å². The highest BCUT2D eigenvalue weighted by atomic mass is 16.5. The molecule has 1 saturated carbocycles. The Morgan fingerprint density at radius 3 is 2.00 bits per heavy atom. The number of fused-ring (bicyclic) bond motifs is 1. The van der Waals surface area contributed by atoms with Crippen molar-refractivity contribution < 1.29 is 19.1 Å². The molecule has 5 nitrogen and oxygen atoms in total. The van der Waals surface area contributed by atoms with Crippen molar-refractivity contribution >= 4 is 23.3 Å². The van der Waals surface area contributed by atoms with Crippen LogP contribution in [0.1, 0.15) is 36.0 Å². The van der Waals surface area contributed by atoms with Gasteiger partial charge in [0.2, 0.25) is 11.8 Å². The van der Waals surface area contributed by atoms with Crippen molar-refractivity contribution in [3.63, 3.8) is 0 Å². The van der Waals surface area contributed by atoms with Crippen LogP contribution >= 0.6 is 0 Å². The van der Waals surface area contributed by atoms with Gasteiger partial charge in [-0.1, -0.05) is 79.6 Å². The van der Waals surface area contributed by atoms with Gasteiger partial charge in [-0.25, -0.2) is 4.90 Å². The molecule has 166 valence electrons. The Bertz CT molecular complexity index is 1160. The van der Waals surface area contributed by atoms with Gasteiger partial charge in [-0.15, -0.1) is 0 Å². The van der Waals surface area contributed by atoms with Crippen molar-refractivity contribution in [1.29, 1.82) is 0 Å². The van der Waals surface area contributed by atoms with Gasteiger partial charge in [-0.05, 0) is 36.1 Å². The van der Waals surface area contributed by atoms with E-state index in [2.05, 4.69) is 0 Å². The zero-order chi connectivity index (χ0) is 22.8. The molecule has 2 atom stereocenters. The molecule has 0 aromatic heterocycles. The van der Waals surface area contributed by atoms with E-state index in [0.717, 1.165) is 36.8 Å². The zero-order valence-electron chi connectivity index (χ0n) is 18.3. The van der Waals surface area contributed by atoms with Gasteiger partial charge in [0.1, 0.15) is 5.75 Å². The largest absolute Gasteiger partial charge is 0.483 e. The molecule has 5 rings (SSSR count). The van der Waals surface area contributed by atoms with Crippen molar-refractivity contribution in [1.82, 2.24) is 0 Å². The van der Waals surface area contributed by atoms with Gasteiger partial charge in [0.25, 0.3) is 0 Å². The summed E-state index contributed by atoms with van der Waals surface area (Å²) < 4.78 is 5.84. The number of para-hydroxylation sites is 2. The van der Waals surface area contributed by atoms with E-state index >= 15 is 0 Å². The van der Waals surface area contributed by atoms with E-state index in [0.29, 0.717) is 17.0 Å². The van der Waals surface area contributed by atoms with Gasteiger partial charge in [0.15, 0.2) is 12.4 Å². The minimum absolute atomic E-state index is 0.149. The van der Waals surface area contributed by atoms with Crippen LogP contribution in [0.3, 0.4) is 0 Å². The predicted octanol–water partition coefficient (Wildman–Crippen LogP) is 5.29. The Balaban J connectivity index is 1.31. The van der Waals surface area contributed by atoms with Crippen LogP contribution in [0.5, 0.6) is 5.75 Å². The second kappa shape index (κ2) is 9.02. The number of ketones is 1. The van der Waals surface area contributed by atoms with Gasteiger partial charge in [-0.3, -0.25) is 14.4 Å². The Morgan fingerprint density at radius 1 is 0.758 bits per heavy atom. The van der Waals surface area contributed by atoms with Crippen molar-refractivity contribution in [2.45, 2.75) is 25.7 Å². The standard InChI is InChI=1S/C28H25NO4/c30-25(21-16-14-20(15-17-21)19-8-2-1-3-9-19)18-33-26-13-7-6-12-24(26)29-27(31)22-10-4-5-11-23(22)28(29)32/h1-3,6-9,12-17,22-23H,4-5,10-11,18H2. The number of amides is 2. The third-order valence-electron chi connectivity index (χ3n) is 6.62. The van der Waals surface area contributed by atoms with Gasteiger partial charge < -0.3 is 4.74 Å². The normalized spacial score (nSPS) is 19.9. The maximum Gasteiger partial charge on any atom is 0.237 e. The van der Waals surface area contributed by atoms with Crippen LogP contribution in [-0.4, -0.2) is 24.2 Å². The smallest absolute Gasteiger partial charge is 0.237 e. The van der Waals surface area contributed by atoms with E-state index in [1.54, 1.807) is 36.4 Å². The molecular weight excluding hydrogens is 414 g/mol. The number of imide groups is 1. The van der Waals surface area contributed by atoms with Crippen LogP contribution in [0.2, 0.25) is 0 Å². The van der Waals surface area contributed by atoms with Crippen LogP contribution < -0.4 is 9.64 Å². The number of hydrogen-bond donors (Lipinski definition) is 0. The fraction of sp³-hybridized carbons (Fsp3) is 0.250. The lowest BCUT2D eigenvalue weighted by Gasteiger charge is -2.19. The molecule has 2 fully saturated rings. The number of benzene rings is 3. The maximum atomic E-state index is 13.0. The first kappa shape index (κ1) is 21.1.